The van der Waals surface area contributed by atoms with Crippen molar-refractivity contribution in [2.45, 2.75) is 13.0 Å². The van der Waals surface area contributed by atoms with Crippen molar-refractivity contribution in [1.29, 1.82) is 5.26 Å². The lowest BCUT2D eigenvalue weighted by Gasteiger charge is -2.14. The third-order valence-electron chi connectivity index (χ3n) is 2.25. The average Bonchev–Trinajstić information content (AvgIpc) is 2.30. The number of rotatable bonds is 4. The minimum atomic E-state index is -0.685. The number of aliphatic hydroxyl groups is 1. The van der Waals surface area contributed by atoms with Crippen LogP contribution in [0.5, 0.6) is 5.75 Å². The fraction of sp³-hybridized carbons (Fsp3) is 0.364. The van der Waals surface area contributed by atoms with E-state index in [-0.39, 0.29) is 18.2 Å². The number of nitriles is 1. The molecule has 3 N–H and O–H groups in total. The number of phenols is 1. The molecule has 16 heavy (non-hydrogen) atoms. The Labute approximate surface area is 99.1 Å². The first kappa shape index (κ1) is 12.6. The van der Waals surface area contributed by atoms with Gasteiger partial charge in [-0.15, -0.1) is 11.6 Å². The van der Waals surface area contributed by atoms with Crippen LogP contribution in [0.2, 0.25) is 0 Å². The summed E-state index contributed by atoms with van der Waals surface area (Å²) >= 11 is 5.46. The van der Waals surface area contributed by atoms with Crippen molar-refractivity contribution in [1.82, 2.24) is 0 Å². The number of phenolic OH excluding ortho intramolecular Hbond substituents is 1. The van der Waals surface area contributed by atoms with Gasteiger partial charge in [-0.2, -0.15) is 5.26 Å². The summed E-state index contributed by atoms with van der Waals surface area (Å²) in [5, 5.41) is 30.6. The number of hydrogen-bond acceptors (Lipinski definition) is 4. The zero-order chi connectivity index (χ0) is 12.1. The summed E-state index contributed by atoms with van der Waals surface area (Å²) in [6, 6.07) is 5.01. The van der Waals surface area contributed by atoms with Gasteiger partial charge >= 0.3 is 0 Å². The van der Waals surface area contributed by atoms with Gasteiger partial charge in [0.1, 0.15) is 11.8 Å². The largest absolute Gasteiger partial charge is 0.508 e. The van der Waals surface area contributed by atoms with Gasteiger partial charge in [-0.3, -0.25) is 0 Å². The molecule has 0 fully saturated rings. The quantitative estimate of drug-likeness (QED) is 0.699. The third kappa shape index (κ3) is 2.78. The normalized spacial score (nSPS) is 11.9. The highest BCUT2D eigenvalue weighted by atomic mass is 35.5. The zero-order valence-corrected chi connectivity index (χ0v) is 9.62. The summed E-state index contributed by atoms with van der Waals surface area (Å²) in [5.74, 6) is 0.231. The Balaban J connectivity index is 2.93. The van der Waals surface area contributed by atoms with E-state index in [0.29, 0.717) is 16.8 Å². The number of aromatic hydroxyl groups is 1. The fourth-order valence-electron chi connectivity index (χ4n) is 1.30. The number of anilines is 1. The highest BCUT2D eigenvalue weighted by Gasteiger charge is 2.10. The lowest BCUT2D eigenvalue weighted by Crippen LogP contribution is -2.21. The van der Waals surface area contributed by atoms with Crippen LogP contribution >= 0.6 is 11.6 Å². The minimum Gasteiger partial charge on any atom is -0.508 e. The highest BCUT2D eigenvalue weighted by molar-refractivity contribution is 6.18. The topological polar surface area (TPSA) is 76.3 Å². The molecule has 4 nitrogen and oxygen atoms in total. The molecule has 1 unspecified atom stereocenters. The van der Waals surface area contributed by atoms with Gasteiger partial charge in [0.2, 0.25) is 0 Å². The van der Waals surface area contributed by atoms with Gasteiger partial charge in [0.05, 0.1) is 23.2 Å². The summed E-state index contributed by atoms with van der Waals surface area (Å²) in [5.41, 5.74) is 1.55. The van der Waals surface area contributed by atoms with Gasteiger partial charge in [-0.1, -0.05) is 0 Å². The number of hydrogen-bond donors (Lipinski definition) is 3. The number of nitrogens with zero attached hydrogens (tertiary/aromatic N) is 1. The molecule has 0 saturated heterocycles. The second-order valence-corrected chi connectivity index (χ2v) is 3.74. The molecule has 0 bridgehead atoms. The maximum absolute atomic E-state index is 9.50. The van der Waals surface area contributed by atoms with Crippen LogP contribution in [0.15, 0.2) is 12.1 Å². The van der Waals surface area contributed by atoms with Crippen molar-refractivity contribution >= 4 is 17.3 Å². The van der Waals surface area contributed by atoms with Gasteiger partial charge in [0, 0.05) is 12.1 Å². The van der Waals surface area contributed by atoms with Gasteiger partial charge in [0.25, 0.3) is 0 Å². The van der Waals surface area contributed by atoms with Crippen LogP contribution in [0.3, 0.4) is 0 Å². The maximum atomic E-state index is 9.50. The molecule has 0 aliphatic rings. The van der Waals surface area contributed by atoms with Crippen molar-refractivity contribution < 1.29 is 10.2 Å². The molecule has 1 aromatic rings. The lowest BCUT2D eigenvalue weighted by molar-refractivity contribution is 0.211. The van der Waals surface area contributed by atoms with E-state index in [9.17, 15) is 10.2 Å². The summed E-state index contributed by atoms with van der Waals surface area (Å²) in [4.78, 5) is 0. The van der Waals surface area contributed by atoms with Crippen molar-refractivity contribution in [3.8, 4) is 11.8 Å². The summed E-state index contributed by atoms with van der Waals surface area (Å²) in [7, 11) is 0. The molecule has 1 atom stereocenters. The minimum absolute atomic E-state index is 0.113. The predicted octanol–water partition coefficient (Wildman–Crippen LogP) is 1.58. The first-order valence-corrected chi connectivity index (χ1v) is 5.34. The van der Waals surface area contributed by atoms with Gasteiger partial charge < -0.3 is 15.5 Å². The number of alkyl halides is 1. The Morgan fingerprint density at radius 3 is 2.81 bits per heavy atom. The second-order valence-electron chi connectivity index (χ2n) is 3.43. The molecule has 0 amide bonds. The Morgan fingerprint density at radius 2 is 2.25 bits per heavy atom. The van der Waals surface area contributed by atoms with Crippen LogP contribution in [0.4, 0.5) is 5.69 Å². The smallest absolute Gasteiger partial charge is 0.120 e. The number of aliphatic hydroxyl groups excluding tert-OH is 1. The van der Waals surface area contributed by atoms with Crippen molar-refractivity contribution in [3.05, 3.63) is 23.3 Å². The molecule has 0 saturated carbocycles. The Hall–Kier alpha value is -1.44. The molecule has 0 radical (unpaired) electrons. The van der Waals surface area contributed by atoms with E-state index in [1.165, 1.54) is 12.1 Å². The van der Waals surface area contributed by atoms with Crippen LogP contribution in [0.1, 0.15) is 11.1 Å². The number of halogens is 1. The van der Waals surface area contributed by atoms with Crippen LogP contribution in [-0.4, -0.2) is 28.7 Å². The molecule has 5 heteroatoms. The maximum Gasteiger partial charge on any atom is 0.120 e. The lowest BCUT2D eigenvalue weighted by atomic mass is 10.1. The van der Waals surface area contributed by atoms with Crippen LogP contribution < -0.4 is 5.32 Å². The van der Waals surface area contributed by atoms with Crippen LogP contribution in [0, 0.1) is 18.3 Å². The van der Waals surface area contributed by atoms with Crippen LogP contribution in [0.25, 0.3) is 0 Å². The summed E-state index contributed by atoms with van der Waals surface area (Å²) in [6.45, 7) is 1.94. The molecule has 0 spiro atoms. The van der Waals surface area contributed by atoms with E-state index >= 15 is 0 Å². The molecule has 86 valence electrons. The molecule has 0 aliphatic heterocycles. The summed E-state index contributed by atoms with van der Waals surface area (Å²) < 4.78 is 0. The van der Waals surface area contributed by atoms with Gasteiger partial charge in [-0.05, 0) is 19.1 Å². The van der Waals surface area contributed by atoms with Crippen molar-refractivity contribution in [3.63, 3.8) is 0 Å². The summed E-state index contributed by atoms with van der Waals surface area (Å²) in [6.07, 6.45) is -0.685. The number of benzene rings is 1. The molecule has 0 heterocycles. The standard InChI is InChI=1S/C11H13ClN2O2/c1-7-10(16)3-2-8(5-13)11(7)14-6-9(15)4-12/h2-3,9,14-16H,4,6H2,1H3. The Morgan fingerprint density at radius 1 is 1.56 bits per heavy atom. The number of nitrogens with one attached hydrogen (secondary N) is 1. The Bertz CT molecular complexity index is 415. The molecular formula is C11H13ClN2O2. The first-order valence-electron chi connectivity index (χ1n) is 4.80. The van der Waals surface area contributed by atoms with Gasteiger partial charge in [0.15, 0.2) is 0 Å². The van der Waals surface area contributed by atoms with Crippen molar-refractivity contribution in [2.75, 3.05) is 17.7 Å². The fourth-order valence-corrected chi connectivity index (χ4v) is 1.41. The highest BCUT2D eigenvalue weighted by Crippen LogP contribution is 2.27. The van der Waals surface area contributed by atoms with E-state index in [0.717, 1.165) is 0 Å². The SMILES string of the molecule is Cc1c(O)ccc(C#N)c1NCC(O)CCl. The van der Waals surface area contributed by atoms with E-state index in [1.54, 1.807) is 6.92 Å². The van der Waals surface area contributed by atoms with E-state index in [1.807, 2.05) is 6.07 Å². The molecule has 0 aromatic heterocycles. The first-order chi connectivity index (χ1) is 7.60. The van der Waals surface area contributed by atoms with Gasteiger partial charge in [-0.25, -0.2) is 0 Å². The molecule has 1 rings (SSSR count). The molecule has 0 aliphatic carbocycles. The predicted molar refractivity (Wildman–Crippen MR) is 62.8 cm³/mol. The second kappa shape index (κ2) is 5.59. The van der Waals surface area contributed by atoms with Crippen LogP contribution in [-0.2, 0) is 0 Å². The third-order valence-corrected chi connectivity index (χ3v) is 2.61. The van der Waals surface area contributed by atoms with E-state index in [2.05, 4.69) is 5.32 Å². The Kier molecular flexibility index (Phi) is 4.41. The van der Waals surface area contributed by atoms with E-state index < -0.39 is 6.10 Å². The molecular weight excluding hydrogens is 228 g/mol. The monoisotopic (exact) mass is 240 g/mol. The molecule has 1 aromatic carbocycles. The average molecular weight is 241 g/mol. The van der Waals surface area contributed by atoms with E-state index in [4.69, 9.17) is 16.9 Å². The van der Waals surface area contributed by atoms with Crippen molar-refractivity contribution in [2.24, 2.45) is 0 Å². The zero-order valence-electron chi connectivity index (χ0n) is 8.87.